The fraction of sp³-hybridized carbons (Fsp3) is 0.480. The summed E-state index contributed by atoms with van der Waals surface area (Å²) in [5.41, 5.74) is 2.71. The van der Waals surface area contributed by atoms with Crippen LogP contribution in [-0.2, 0) is 9.53 Å². The summed E-state index contributed by atoms with van der Waals surface area (Å²) in [5.74, 6) is 0.500. The molecule has 2 aromatic rings. The van der Waals surface area contributed by atoms with Gasteiger partial charge in [0.15, 0.2) is 0 Å². The Labute approximate surface area is 179 Å². The van der Waals surface area contributed by atoms with Crippen molar-refractivity contribution in [3.63, 3.8) is 0 Å². The van der Waals surface area contributed by atoms with E-state index >= 15 is 0 Å². The van der Waals surface area contributed by atoms with Crippen molar-refractivity contribution >= 4 is 5.91 Å². The molecular weight excluding hydrogens is 374 g/mol. The Balaban J connectivity index is 1.38. The van der Waals surface area contributed by atoms with Crippen molar-refractivity contribution in [3.8, 4) is 0 Å². The molecule has 0 radical (unpaired) electrons. The molecular formula is C25H31N3O2. The van der Waals surface area contributed by atoms with E-state index in [0.29, 0.717) is 18.0 Å². The second-order valence-electron chi connectivity index (χ2n) is 8.70. The lowest BCUT2D eigenvalue weighted by atomic mass is 9.82. The molecule has 3 unspecified atom stereocenters. The van der Waals surface area contributed by atoms with Gasteiger partial charge in [-0.1, -0.05) is 60.7 Å². The first-order valence-corrected chi connectivity index (χ1v) is 11.3. The summed E-state index contributed by atoms with van der Waals surface area (Å²) in [6.07, 6.45) is 1.65. The highest BCUT2D eigenvalue weighted by Gasteiger charge is 2.41. The minimum Gasteiger partial charge on any atom is -0.368 e. The average molecular weight is 406 g/mol. The predicted octanol–water partition coefficient (Wildman–Crippen LogP) is 2.48. The smallest absolute Gasteiger partial charge is 0.251 e. The number of rotatable bonds is 4. The Hall–Kier alpha value is -2.21. The molecule has 0 aromatic heterocycles. The van der Waals surface area contributed by atoms with E-state index in [1.54, 1.807) is 0 Å². The maximum absolute atomic E-state index is 12.9. The van der Waals surface area contributed by atoms with Crippen LogP contribution in [-0.4, -0.2) is 73.2 Å². The minimum atomic E-state index is -0.217. The summed E-state index contributed by atoms with van der Waals surface area (Å²) in [7, 11) is 0. The maximum atomic E-state index is 12.9. The summed E-state index contributed by atoms with van der Waals surface area (Å²) >= 11 is 0. The van der Waals surface area contributed by atoms with Crippen LogP contribution < -0.4 is 5.32 Å². The molecule has 3 atom stereocenters. The summed E-state index contributed by atoms with van der Waals surface area (Å²) in [6.45, 7) is 5.12. The molecule has 0 spiro atoms. The second kappa shape index (κ2) is 8.88. The lowest BCUT2D eigenvalue weighted by molar-refractivity contribution is -0.145. The Morgan fingerprint density at radius 1 is 0.967 bits per heavy atom. The SMILES string of the molecule is O=C(C1CCCO1)N1CCN2C(CNCC2C(c2ccccc2)c2ccccc2)C1. The lowest BCUT2D eigenvalue weighted by Gasteiger charge is -2.51. The van der Waals surface area contributed by atoms with Gasteiger partial charge in [-0.05, 0) is 24.0 Å². The molecule has 0 aliphatic carbocycles. The van der Waals surface area contributed by atoms with E-state index in [-0.39, 0.29) is 12.0 Å². The Kier molecular flexibility index (Phi) is 5.84. The van der Waals surface area contributed by atoms with E-state index < -0.39 is 0 Å². The van der Waals surface area contributed by atoms with Crippen molar-refractivity contribution < 1.29 is 9.53 Å². The van der Waals surface area contributed by atoms with Crippen molar-refractivity contribution in [2.24, 2.45) is 0 Å². The van der Waals surface area contributed by atoms with Gasteiger partial charge >= 0.3 is 0 Å². The topological polar surface area (TPSA) is 44.8 Å². The third-order valence-corrected chi connectivity index (χ3v) is 6.91. The molecule has 158 valence electrons. The number of nitrogens with zero attached hydrogens (tertiary/aromatic N) is 2. The zero-order valence-corrected chi connectivity index (χ0v) is 17.5. The molecule has 0 bridgehead atoms. The van der Waals surface area contributed by atoms with E-state index in [1.807, 2.05) is 4.90 Å². The van der Waals surface area contributed by atoms with Gasteiger partial charge in [-0.25, -0.2) is 0 Å². The molecule has 0 saturated carbocycles. The molecule has 3 aliphatic heterocycles. The van der Waals surface area contributed by atoms with Gasteiger partial charge in [0.25, 0.3) is 5.91 Å². The number of carbonyl (C=O) groups excluding carboxylic acids is 1. The summed E-state index contributed by atoms with van der Waals surface area (Å²) in [4.78, 5) is 17.6. The first kappa shape index (κ1) is 19.7. The Morgan fingerprint density at radius 3 is 2.30 bits per heavy atom. The average Bonchev–Trinajstić information content (AvgIpc) is 3.35. The molecule has 1 N–H and O–H groups in total. The van der Waals surface area contributed by atoms with Crippen molar-refractivity contribution in [1.82, 2.24) is 15.1 Å². The third-order valence-electron chi connectivity index (χ3n) is 6.91. The number of amides is 1. The third kappa shape index (κ3) is 3.89. The van der Waals surface area contributed by atoms with Crippen LogP contribution in [0.15, 0.2) is 60.7 Å². The van der Waals surface area contributed by atoms with Crippen LogP contribution >= 0.6 is 0 Å². The molecule has 5 rings (SSSR count). The van der Waals surface area contributed by atoms with E-state index in [2.05, 4.69) is 70.9 Å². The van der Waals surface area contributed by atoms with E-state index in [9.17, 15) is 4.79 Å². The van der Waals surface area contributed by atoms with Crippen LogP contribution in [0.25, 0.3) is 0 Å². The maximum Gasteiger partial charge on any atom is 0.251 e. The molecule has 1 amide bonds. The van der Waals surface area contributed by atoms with Crippen LogP contribution in [0.5, 0.6) is 0 Å². The normalized spacial score (nSPS) is 27.2. The minimum absolute atomic E-state index is 0.192. The number of ether oxygens (including phenoxy) is 1. The highest BCUT2D eigenvalue weighted by molar-refractivity contribution is 5.81. The number of carbonyl (C=O) groups is 1. The van der Waals surface area contributed by atoms with Gasteiger partial charge in [-0.3, -0.25) is 9.69 Å². The standard InChI is InChI=1S/C25H31N3O2/c29-25(23-12-7-15-30-23)27-13-14-28-21(18-27)16-26-17-22(28)24(19-8-3-1-4-9-19)20-10-5-2-6-11-20/h1-6,8-11,21-24,26H,7,12-18H2. The molecule has 30 heavy (non-hydrogen) atoms. The number of piperazine rings is 2. The highest BCUT2D eigenvalue weighted by Crippen LogP contribution is 2.34. The van der Waals surface area contributed by atoms with Gasteiger partial charge < -0.3 is 15.0 Å². The molecule has 3 fully saturated rings. The van der Waals surface area contributed by atoms with Crippen molar-refractivity contribution in [2.45, 2.75) is 36.9 Å². The van der Waals surface area contributed by atoms with Crippen molar-refractivity contribution in [3.05, 3.63) is 71.8 Å². The van der Waals surface area contributed by atoms with Gasteiger partial charge in [0.1, 0.15) is 6.10 Å². The number of hydrogen-bond donors (Lipinski definition) is 1. The lowest BCUT2D eigenvalue weighted by Crippen LogP contribution is -2.67. The molecule has 2 aromatic carbocycles. The Morgan fingerprint density at radius 2 is 1.67 bits per heavy atom. The summed E-state index contributed by atoms with van der Waals surface area (Å²) in [5, 5.41) is 3.67. The molecule has 3 saturated heterocycles. The van der Waals surface area contributed by atoms with Crippen LogP contribution in [0.1, 0.15) is 29.9 Å². The van der Waals surface area contributed by atoms with E-state index in [0.717, 1.165) is 52.2 Å². The van der Waals surface area contributed by atoms with Crippen molar-refractivity contribution in [1.29, 1.82) is 0 Å². The van der Waals surface area contributed by atoms with Crippen LogP contribution in [0.3, 0.4) is 0 Å². The van der Waals surface area contributed by atoms with Crippen LogP contribution in [0.4, 0.5) is 0 Å². The molecule has 3 heterocycles. The monoisotopic (exact) mass is 405 g/mol. The second-order valence-corrected chi connectivity index (χ2v) is 8.70. The number of hydrogen-bond acceptors (Lipinski definition) is 4. The quantitative estimate of drug-likeness (QED) is 0.849. The summed E-state index contributed by atoms with van der Waals surface area (Å²) in [6, 6.07) is 22.4. The molecule has 5 heteroatoms. The van der Waals surface area contributed by atoms with Crippen LogP contribution in [0.2, 0.25) is 0 Å². The molecule has 5 nitrogen and oxygen atoms in total. The zero-order chi connectivity index (χ0) is 20.3. The van der Waals surface area contributed by atoms with Gasteiger partial charge in [0, 0.05) is 57.3 Å². The first-order chi connectivity index (χ1) is 14.8. The first-order valence-electron chi connectivity index (χ1n) is 11.3. The van der Waals surface area contributed by atoms with Crippen LogP contribution in [0, 0.1) is 0 Å². The number of nitrogens with one attached hydrogen (secondary N) is 1. The van der Waals surface area contributed by atoms with E-state index in [1.165, 1.54) is 11.1 Å². The zero-order valence-electron chi connectivity index (χ0n) is 17.5. The van der Waals surface area contributed by atoms with Gasteiger partial charge in [-0.15, -0.1) is 0 Å². The highest BCUT2D eigenvalue weighted by atomic mass is 16.5. The van der Waals surface area contributed by atoms with E-state index in [4.69, 9.17) is 4.74 Å². The largest absolute Gasteiger partial charge is 0.368 e. The van der Waals surface area contributed by atoms with Crippen molar-refractivity contribution in [2.75, 3.05) is 39.3 Å². The number of fused-ring (bicyclic) bond motifs is 1. The number of benzene rings is 2. The molecule has 3 aliphatic rings. The van der Waals surface area contributed by atoms with Gasteiger partial charge in [-0.2, -0.15) is 0 Å². The predicted molar refractivity (Wildman–Crippen MR) is 117 cm³/mol. The van der Waals surface area contributed by atoms with Gasteiger partial charge in [0.05, 0.1) is 0 Å². The fourth-order valence-corrected chi connectivity index (χ4v) is 5.45. The fourth-order valence-electron chi connectivity index (χ4n) is 5.45. The Bertz CT molecular complexity index is 798. The summed E-state index contributed by atoms with van der Waals surface area (Å²) < 4.78 is 5.66. The van der Waals surface area contributed by atoms with Gasteiger partial charge in [0.2, 0.25) is 0 Å².